The molecule has 2 heterocycles. The van der Waals surface area contributed by atoms with E-state index in [1.54, 1.807) is 17.3 Å². The molecule has 0 aliphatic heterocycles. The zero-order chi connectivity index (χ0) is 12.1. The van der Waals surface area contributed by atoms with Crippen molar-refractivity contribution in [3.63, 3.8) is 0 Å². The Balaban J connectivity index is 2.01. The fraction of sp³-hybridized carbons (Fsp3) is 0.600. The first-order valence-corrected chi connectivity index (χ1v) is 5.71. The summed E-state index contributed by atoms with van der Waals surface area (Å²) in [5.41, 5.74) is 0. The Morgan fingerprint density at radius 2 is 1.94 bits per heavy atom. The third kappa shape index (κ3) is 2.88. The Bertz CT molecular complexity index is 459. The van der Waals surface area contributed by atoms with Crippen molar-refractivity contribution >= 4 is 0 Å². The number of nitrogens with one attached hydrogen (secondary N) is 1. The van der Waals surface area contributed by atoms with Gasteiger partial charge in [-0.05, 0) is 13.0 Å². The molecule has 1 N–H and O–H groups in total. The van der Waals surface area contributed by atoms with Gasteiger partial charge in [-0.2, -0.15) is 10.2 Å². The molecular formula is C10H17N7. The summed E-state index contributed by atoms with van der Waals surface area (Å²) in [6.07, 6.45) is 4.22. The number of aromatic nitrogens is 6. The first-order chi connectivity index (χ1) is 8.31. The van der Waals surface area contributed by atoms with Crippen LogP contribution >= 0.6 is 0 Å². The highest BCUT2D eigenvalue weighted by Gasteiger charge is 2.07. The van der Waals surface area contributed by atoms with Gasteiger partial charge in [0.05, 0.1) is 6.54 Å². The molecule has 17 heavy (non-hydrogen) atoms. The first kappa shape index (κ1) is 11.7. The number of hydrogen-bond donors (Lipinski definition) is 1. The predicted molar refractivity (Wildman–Crippen MR) is 62.1 cm³/mol. The molecule has 7 heteroatoms. The second kappa shape index (κ2) is 5.53. The lowest BCUT2D eigenvalue weighted by Gasteiger charge is -2.06. The highest BCUT2D eigenvalue weighted by molar-refractivity contribution is 4.90. The Hall–Kier alpha value is -1.76. The summed E-state index contributed by atoms with van der Waals surface area (Å²) >= 11 is 0. The summed E-state index contributed by atoms with van der Waals surface area (Å²) in [6.45, 7) is 4.44. The van der Waals surface area contributed by atoms with Crippen molar-refractivity contribution in [1.29, 1.82) is 0 Å². The van der Waals surface area contributed by atoms with Crippen LogP contribution in [0.25, 0.3) is 0 Å². The molecule has 0 aliphatic carbocycles. The average Bonchev–Trinajstić information content (AvgIpc) is 2.91. The SMILES string of the molecule is CCCNCc1ncnn1Cc1ncnn1C. The maximum absolute atomic E-state index is 4.23. The third-order valence-electron chi connectivity index (χ3n) is 2.50. The van der Waals surface area contributed by atoms with E-state index in [4.69, 9.17) is 0 Å². The van der Waals surface area contributed by atoms with Gasteiger partial charge in [-0.15, -0.1) is 0 Å². The summed E-state index contributed by atoms with van der Waals surface area (Å²) in [5.74, 6) is 1.79. The predicted octanol–water partition coefficient (Wildman–Crippen LogP) is -0.0455. The first-order valence-electron chi connectivity index (χ1n) is 5.71. The van der Waals surface area contributed by atoms with E-state index in [2.05, 4.69) is 32.4 Å². The van der Waals surface area contributed by atoms with Crippen molar-refractivity contribution in [1.82, 2.24) is 34.8 Å². The van der Waals surface area contributed by atoms with E-state index in [-0.39, 0.29) is 0 Å². The van der Waals surface area contributed by atoms with Crippen LogP contribution in [0.2, 0.25) is 0 Å². The Morgan fingerprint density at radius 1 is 1.18 bits per heavy atom. The van der Waals surface area contributed by atoms with Crippen LogP contribution in [0.4, 0.5) is 0 Å². The van der Waals surface area contributed by atoms with Gasteiger partial charge >= 0.3 is 0 Å². The monoisotopic (exact) mass is 235 g/mol. The van der Waals surface area contributed by atoms with Gasteiger partial charge in [0.15, 0.2) is 0 Å². The minimum absolute atomic E-state index is 0.597. The molecule has 7 nitrogen and oxygen atoms in total. The number of hydrogen-bond acceptors (Lipinski definition) is 5. The normalized spacial score (nSPS) is 10.9. The molecule has 0 aromatic carbocycles. The van der Waals surface area contributed by atoms with Crippen LogP contribution in [-0.4, -0.2) is 36.1 Å². The molecular weight excluding hydrogens is 218 g/mol. The summed E-state index contributed by atoms with van der Waals surface area (Å²) in [7, 11) is 1.87. The van der Waals surface area contributed by atoms with Gasteiger partial charge in [0.2, 0.25) is 0 Å². The van der Waals surface area contributed by atoms with Crippen LogP contribution < -0.4 is 5.32 Å². The molecule has 0 amide bonds. The zero-order valence-electron chi connectivity index (χ0n) is 10.2. The van der Waals surface area contributed by atoms with Gasteiger partial charge in [-0.1, -0.05) is 6.92 Å². The maximum atomic E-state index is 4.23. The molecule has 92 valence electrons. The Kier molecular flexibility index (Phi) is 3.81. The zero-order valence-corrected chi connectivity index (χ0v) is 10.2. The van der Waals surface area contributed by atoms with Crippen molar-refractivity contribution in [2.45, 2.75) is 26.4 Å². The van der Waals surface area contributed by atoms with E-state index in [1.807, 2.05) is 11.7 Å². The topological polar surface area (TPSA) is 73.5 Å². The second-order valence-electron chi connectivity index (χ2n) is 3.81. The summed E-state index contributed by atoms with van der Waals surface area (Å²) in [5, 5.41) is 11.5. The lowest BCUT2D eigenvalue weighted by Crippen LogP contribution is -2.19. The number of aryl methyl sites for hydroxylation is 1. The maximum Gasteiger partial charge on any atom is 0.148 e. The largest absolute Gasteiger partial charge is 0.310 e. The molecule has 2 rings (SSSR count). The van der Waals surface area contributed by atoms with Crippen molar-refractivity contribution in [3.8, 4) is 0 Å². The minimum atomic E-state index is 0.597. The number of rotatable bonds is 6. The fourth-order valence-corrected chi connectivity index (χ4v) is 1.53. The van der Waals surface area contributed by atoms with Gasteiger partial charge in [0.25, 0.3) is 0 Å². The van der Waals surface area contributed by atoms with E-state index in [1.165, 1.54) is 0 Å². The van der Waals surface area contributed by atoms with Gasteiger partial charge in [0.1, 0.15) is 30.8 Å². The van der Waals surface area contributed by atoms with Gasteiger partial charge in [-0.3, -0.25) is 4.68 Å². The average molecular weight is 235 g/mol. The van der Waals surface area contributed by atoms with Crippen LogP contribution in [0.1, 0.15) is 25.0 Å². The summed E-state index contributed by atoms with van der Waals surface area (Å²) in [6, 6.07) is 0. The second-order valence-corrected chi connectivity index (χ2v) is 3.81. The van der Waals surface area contributed by atoms with Gasteiger partial charge in [-0.25, -0.2) is 14.6 Å². The van der Waals surface area contributed by atoms with E-state index in [0.29, 0.717) is 6.54 Å². The van der Waals surface area contributed by atoms with Crippen molar-refractivity contribution in [2.75, 3.05) is 6.54 Å². The molecule has 0 unspecified atom stereocenters. The van der Waals surface area contributed by atoms with Gasteiger partial charge < -0.3 is 5.32 Å². The molecule has 0 fully saturated rings. The van der Waals surface area contributed by atoms with Crippen LogP contribution in [0.3, 0.4) is 0 Å². The van der Waals surface area contributed by atoms with Crippen LogP contribution in [0.5, 0.6) is 0 Å². The minimum Gasteiger partial charge on any atom is -0.310 e. The molecule has 0 radical (unpaired) electrons. The molecule has 0 aliphatic rings. The van der Waals surface area contributed by atoms with Crippen LogP contribution in [0, 0.1) is 0 Å². The molecule has 0 spiro atoms. The molecule has 0 saturated heterocycles. The van der Waals surface area contributed by atoms with Crippen LogP contribution in [-0.2, 0) is 20.1 Å². The van der Waals surface area contributed by atoms with E-state index in [9.17, 15) is 0 Å². The van der Waals surface area contributed by atoms with Gasteiger partial charge in [0, 0.05) is 7.05 Å². The van der Waals surface area contributed by atoms with E-state index < -0.39 is 0 Å². The summed E-state index contributed by atoms with van der Waals surface area (Å²) < 4.78 is 3.58. The van der Waals surface area contributed by atoms with E-state index in [0.717, 1.165) is 31.2 Å². The summed E-state index contributed by atoms with van der Waals surface area (Å²) in [4.78, 5) is 8.40. The lowest BCUT2D eigenvalue weighted by molar-refractivity contribution is 0.554. The number of nitrogens with zero attached hydrogens (tertiary/aromatic N) is 6. The van der Waals surface area contributed by atoms with Crippen LogP contribution in [0.15, 0.2) is 12.7 Å². The lowest BCUT2D eigenvalue weighted by atomic mass is 10.4. The molecule has 2 aromatic rings. The highest BCUT2D eigenvalue weighted by atomic mass is 15.4. The smallest absolute Gasteiger partial charge is 0.148 e. The quantitative estimate of drug-likeness (QED) is 0.711. The highest BCUT2D eigenvalue weighted by Crippen LogP contribution is 1.99. The Labute approximate surface area is 99.9 Å². The van der Waals surface area contributed by atoms with Crippen molar-refractivity contribution in [2.24, 2.45) is 7.05 Å². The molecule has 0 bridgehead atoms. The Morgan fingerprint density at radius 3 is 2.65 bits per heavy atom. The van der Waals surface area contributed by atoms with Crippen molar-refractivity contribution in [3.05, 3.63) is 24.3 Å². The van der Waals surface area contributed by atoms with E-state index >= 15 is 0 Å². The molecule has 0 atom stereocenters. The molecule has 0 saturated carbocycles. The third-order valence-corrected chi connectivity index (χ3v) is 2.50. The standard InChI is InChI=1S/C10H17N7/c1-3-4-11-5-9-12-8-15-17(9)6-10-13-7-14-16(10)2/h7-8,11H,3-6H2,1-2H3. The van der Waals surface area contributed by atoms with Crippen molar-refractivity contribution < 1.29 is 0 Å². The fourth-order valence-electron chi connectivity index (χ4n) is 1.53. The molecule has 2 aromatic heterocycles.